The molecule has 0 bridgehead atoms. The van der Waals surface area contributed by atoms with Gasteiger partial charge in [-0.1, -0.05) is 34.5 Å². The molecule has 0 saturated carbocycles. The molecule has 1 saturated heterocycles. The van der Waals surface area contributed by atoms with Crippen LogP contribution in [0.15, 0.2) is 17.0 Å². The summed E-state index contributed by atoms with van der Waals surface area (Å²) in [5.74, 6) is 0.553. The second-order valence-electron chi connectivity index (χ2n) is 7.10. The predicted octanol–water partition coefficient (Wildman–Crippen LogP) is 3.14. The largest absolute Gasteiger partial charge is 0.378 e. The van der Waals surface area contributed by atoms with Crippen LogP contribution in [0.2, 0.25) is 10.0 Å². The molecule has 0 radical (unpaired) electrons. The fourth-order valence-corrected chi connectivity index (χ4v) is 6.94. The van der Waals surface area contributed by atoms with Gasteiger partial charge in [-0.25, -0.2) is 13.4 Å². The highest BCUT2D eigenvalue weighted by molar-refractivity contribution is 7.93. The number of carbonyl (C=O) groups is 1. The standard InChI is InChI=1S/C18H20Cl2N4O4S2/c1-10-8-11(19)9-12(20)15(10)30(26,27)23-18-22-16-14(29-18)3-2-13(21-16)17(25)24-4-6-28-7-5-24/h8-9,13,21H,2-7H2,1H3,(H,22,23). The first kappa shape index (κ1) is 21.6. The molecule has 8 nitrogen and oxygen atoms in total. The van der Waals surface area contributed by atoms with Crippen molar-refractivity contribution in [2.75, 3.05) is 36.3 Å². The zero-order valence-electron chi connectivity index (χ0n) is 16.1. The minimum Gasteiger partial charge on any atom is -0.378 e. The summed E-state index contributed by atoms with van der Waals surface area (Å²) in [5.41, 5.74) is 0.440. The van der Waals surface area contributed by atoms with Crippen molar-refractivity contribution < 1.29 is 17.9 Å². The Morgan fingerprint density at radius 1 is 1.33 bits per heavy atom. The second kappa shape index (κ2) is 8.51. The topological polar surface area (TPSA) is 101 Å². The molecule has 2 aliphatic heterocycles. The fourth-order valence-electron chi connectivity index (χ4n) is 3.57. The van der Waals surface area contributed by atoms with E-state index in [0.717, 1.165) is 4.88 Å². The van der Waals surface area contributed by atoms with E-state index >= 15 is 0 Å². The summed E-state index contributed by atoms with van der Waals surface area (Å²) in [7, 11) is -3.95. The normalized spacial score (nSPS) is 19.2. The number of nitrogens with one attached hydrogen (secondary N) is 2. The number of thiazole rings is 1. The number of rotatable bonds is 4. The van der Waals surface area contributed by atoms with Crippen LogP contribution in [0.5, 0.6) is 0 Å². The van der Waals surface area contributed by atoms with E-state index in [4.69, 9.17) is 27.9 Å². The number of carbonyl (C=O) groups excluding carboxylic acids is 1. The lowest BCUT2D eigenvalue weighted by atomic mass is 10.1. The summed E-state index contributed by atoms with van der Waals surface area (Å²) in [6.45, 7) is 3.86. The Labute approximate surface area is 188 Å². The lowest BCUT2D eigenvalue weighted by Gasteiger charge is -2.32. The van der Waals surface area contributed by atoms with Gasteiger partial charge in [0, 0.05) is 18.1 Å². The maximum Gasteiger partial charge on any atom is 0.265 e. The van der Waals surface area contributed by atoms with E-state index in [9.17, 15) is 13.2 Å². The lowest BCUT2D eigenvalue weighted by Crippen LogP contribution is -2.49. The van der Waals surface area contributed by atoms with Crippen molar-refractivity contribution >= 4 is 61.4 Å². The highest BCUT2D eigenvalue weighted by Gasteiger charge is 2.31. The van der Waals surface area contributed by atoms with Crippen molar-refractivity contribution in [1.82, 2.24) is 9.88 Å². The molecule has 2 aromatic rings. The maximum absolute atomic E-state index is 12.9. The third-order valence-corrected chi connectivity index (χ3v) is 8.30. The molecule has 4 rings (SSSR count). The quantitative estimate of drug-likeness (QED) is 0.682. The summed E-state index contributed by atoms with van der Waals surface area (Å²) >= 11 is 13.3. The maximum atomic E-state index is 12.9. The molecule has 12 heteroatoms. The number of halogens is 2. The van der Waals surface area contributed by atoms with E-state index in [-0.39, 0.29) is 27.0 Å². The van der Waals surface area contributed by atoms with Crippen LogP contribution in [0.4, 0.5) is 10.9 Å². The van der Waals surface area contributed by atoms with Crippen molar-refractivity contribution in [3.63, 3.8) is 0 Å². The number of fused-ring (bicyclic) bond motifs is 1. The summed E-state index contributed by atoms with van der Waals surface area (Å²) in [5, 5.41) is 3.79. The SMILES string of the molecule is Cc1cc(Cl)cc(Cl)c1S(=O)(=O)Nc1nc2c(s1)CCC(C(=O)N1CCOCC1)N2. The van der Waals surface area contributed by atoms with Crippen molar-refractivity contribution in [3.05, 3.63) is 32.6 Å². The average molecular weight is 491 g/mol. The molecule has 1 unspecified atom stereocenters. The summed E-state index contributed by atoms with van der Waals surface area (Å²) < 4.78 is 33.6. The number of hydrogen-bond donors (Lipinski definition) is 2. The fraction of sp³-hybridized carbons (Fsp3) is 0.444. The Balaban J connectivity index is 1.51. The predicted molar refractivity (Wildman–Crippen MR) is 117 cm³/mol. The number of sulfonamides is 1. The molecule has 1 aromatic heterocycles. The zero-order valence-corrected chi connectivity index (χ0v) is 19.2. The zero-order chi connectivity index (χ0) is 21.5. The summed E-state index contributed by atoms with van der Waals surface area (Å²) in [6, 6.07) is 2.55. The van der Waals surface area contributed by atoms with Gasteiger partial charge in [-0.05, 0) is 37.5 Å². The number of aromatic nitrogens is 1. The van der Waals surface area contributed by atoms with E-state index in [1.54, 1.807) is 11.8 Å². The van der Waals surface area contributed by atoms with Gasteiger partial charge in [0.1, 0.15) is 16.8 Å². The first-order valence-electron chi connectivity index (χ1n) is 9.36. The average Bonchev–Trinajstić information content (AvgIpc) is 3.07. The monoisotopic (exact) mass is 490 g/mol. The Bertz CT molecular complexity index is 1060. The Kier molecular flexibility index (Phi) is 6.13. The van der Waals surface area contributed by atoms with E-state index in [2.05, 4.69) is 15.0 Å². The van der Waals surface area contributed by atoms with Crippen LogP contribution >= 0.6 is 34.5 Å². The number of nitrogens with zero attached hydrogens (tertiary/aromatic N) is 2. The second-order valence-corrected chi connectivity index (χ2v) is 10.6. The smallest absolute Gasteiger partial charge is 0.265 e. The van der Waals surface area contributed by atoms with Crippen LogP contribution in [-0.2, 0) is 26.0 Å². The minimum atomic E-state index is -3.95. The molecule has 2 aliphatic rings. The third-order valence-electron chi connectivity index (χ3n) is 4.97. The molecular weight excluding hydrogens is 471 g/mol. The van der Waals surface area contributed by atoms with Gasteiger partial charge >= 0.3 is 0 Å². The number of morpholine rings is 1. The third kappa shape index (κ3) is 4.38. The number of ether oxygens (including phenoxy) is 1. The highest BCUT2D eigenvalue weighted by atomic mass is 35.5. The molecule has 0 spiro atoms. The molecule has 1 fully saturated rings. The summed E-state index contributed by atoms with van der Waals surface area (Å²) in [6.07, 6.45) is 1.27. The molecule has 1 atom stereocenters. The molecule has 30 heavy (non-hydrogen) atoms. The van der Waals surface area contributed by atoms with Gasteiger partial charge in [-0.3, -0.25) is 9.52 Å². The summed E-state index contributed by atoms with van der Waals surface area (Å²) in [4.78, 5) is 19.8. The number of amides is 1. The van der Waals surface area contributed by atoms with E-state index < -0.39 is 10.0 Å². The van der Waals surface area contributed by atoms with Gasteiger partial charge in [0.25, 0.3) is 10.0 Å². The van der Waals surface area contributed by atoms with Gasteiger partial charge < -0.3 is 15.0 Å². The number of anilines is 2. The first-order chi connectivity index (χ1) is 14.2. The van der Waals surface area contributed by atoms with Crippen LogP contribution < -0.4 is 10.0 Å². The van der Waals surface area contributed by atoms with E-state index in [0.29, 0.717) is 55.5 Å². The van der Waals surface area contributed by atoms with Crippen LogP contribution in [0.1, 0.15) is 16.9 Å². The molecule has 162 valence electrons. The van der Waals surface area contributed by atoms with Gasteiger partial charge in [-0.15, -0.1) is 0 Å². The number of aryl methyl sites for hydroxylation is 2. The highest BCUT2D eigenvalue weighted by Crippen LogP contribution is 2.36. The van der Waals surface area contributed by atoms with Crippen LogP contribution in [-0.4, -0.2) is 56.6 Å². The molecule has 1 aromatic carbocycles. The van der Waals surface area contributed by atoms with Crippen molar-refractivity contribution in [2.24, 2.45) is 0 Å². The van der Waals surface area contributed by atoms with Crippen molar-refractivity contribution in [3.8, 4) is 0 Å². The van der Waals surface area contributed by atoms with Crippen LogP contribution in [0, 0.1) is 6.92 Å². The Morgan fingerprint density at radius 3 is 2.77 bits per heavy atom. The van der Waals surface area contributed by atoms with E-state index in [1.165, 1.54) is 23.5 Å². The van der Waals surface area contributed by atoms with Gasteiger partial charge in [0.05, 0.1) is 23.1 Å². The number of hydrogen-bond acceptors (Lipinski definition) is 7. The molecule has 1 amide bonds. The molecule has 0 aliphatic carbocycles. The Morgan fingerprint density at radius 2 is 2.07 bits per heavy atom. The Hall–Kier alpha value is -1.59. The van der Waals surface area contributed by atoms with Gasteiger partial charge in [0.15, 0.2) is 5.13 Å². The van der Waals surface area contributed by atoms with Crippen LogP contribution in [0.3, 0.4) is 0 Å². The molecular formula is C18H20Cl2N4O4S2. The molecule has 3 heterocycles. The molecule has 2 N–H and O–H groups in total. The number of benzene rings is 1. The van der Waals surface area contributed by atoms with Crippen LogP contribution in [0.25, 0.3) is 0 Å². The lowest BCUT2D eigenvalue weighted by molar-refractivity contribution is -0.136. The minimum absolute atomic E-state index is 0.0163. The van der Waals surface area contributed by atoms with Gasteiger partial charge in [-0.2, -0.15) is 0 Å². The van der Waals surface area contributed by atoms with E-state index in [1.807, 2.05) is 0 Å². The first-order valence-corrected chi connectivity index (χ1v) is 12.4. The van der Waals surface area contributed by atoms with Crippen molar-refractivity contribution in [1.29, 1.82) is 0 Å². The van der Waals surface area contributed by atoms with Gasteiger partial charge in [0.2, 0.25) is 5.91 Å². The van der Waals surface area contributed by atoms with Crippen molar-refractivity contribution in [2.45, 2.75) is 30.7 Å².